The van der Waals surface area contributed by atoms with Gasteiger partial charge in [-0.15, -0.1) is 0 Å². The molecule has 1 aromatic rings. The largest absolute Gasteiger partial charge is 0.330 e. The van der Waals surface area contributed by atoms with Crippen LogP contribution in [-0.4, -0.2) is 29.3 Å². The van der Waals surface area contributed by atoms with Crippen LogP contribution in [0.15, 0.2) is 30.3 Å². The molecule has 0 saturated heterocycles. The van der Waals surface area contributed by atoms with E-state index in [0.29, 0.717) is 19.4 Å². The second-order valence-electron chi connectivity index (χ2n) is 5.66. The van der Waals surface area contributed by atoms with E-state index in [1.807, 2.05) is 44.2 Å². The SMILES string of the molecule is CC(=O)N(C(=O)C(N)CCCN)C(C)(C)c1ccccc1. The molecule has 21 heavy (non-hydrogen) atoms. The summed E-state index contributed by atoms with van der Waals surface area (Å²) in [4.78, 5) is 25.8. The molecule has 4 N–H and O–H groups in total. The van der Waals surface area contributed by atoms with Gasteiger partial charge in [0, 0.05) is 6.92 Å². The van der Waals surface area contributed by atoms with Gasteiger partial charge in [-0.05, 0) is 38.8 Å². The number of carbonyl (C=O) groups excluding carboxylic acids is 2. The maximum absolute atomic E-state index is 12.5. The lowest BCUT2D eigenvalue weighted by molar-refractivity contribution is -0.151. The molecule has 0 aliphatic heterocycles. The second kappa shape index (κ2) is 7.33. The minimum Gasteiger partial charge on any atom is -0.330 e. The van der Waals surface area contributed by atoms with Gasteiger partial charge in [0.1, 0.15) is 0 Å². The molecule has 0 spiro atoms. The van der Waals surface area contributed by atoms with Gasteiger partial charge in [0.25, 0.3) is 0 Å². The lowest BCUT2D eigenvalue weighted by Gasteiger charge is -2.38. The molecule has 0 aromatic heterocycles. The molecule has 0 saturated carbocycles. The number of amides is 2. The summed E-state index contributed by atoms with van der Waals surface area (Å²) in [5.74, 6) is -0.665. The van der Waals surface area contributed by atoms with Crippen LogP contribution in [0.3, 0.4) is 0 Å². The number of nitrogens with two attached hydrogens (primary N) is 2. The van der Waals surface area contributed by atoms with Gasteiger partial charge in [-0.3, -0.25) is 14.5 Å². The average molecular weight is 291 g/mol. The lowest BCUT2D eigenvalue weighted by atomic mass is 9.91. The van der Waals surface area contributed by atoms with Crippen LogP contribution in [0.25, 0.3) is 0 Å². The first-order chi connectivity index (χ1) is 9.82. The number of rotatable bonds is 6. The Bertz CT molecular complexity index is 486. The molecule has 1 aromatic carbocycles. The van der Waals surface area contributed by atoms with Gasteiger partial charge in [-0.25, -0.2) is 0 Å². The summed E-state index contributed by atoms with van der Waals surface area (Å²) in [7, 11) is 0. The van der Waals surface area contributed by atoms with Crippen molar-refractivity contribution in [3.8, 4) is 0 Å². The van der Waals surface area contributed by atoms with Crippen molar-refractivity contribution in [3.05, 3.63) is 35.9 Å². The van der Waals surface area contributed by atoms with Crippen LogP contribution in [0.5, 0.6) is 0 Å². The summed E-state index contributed by atoms with van der Waals surface area (Å²) in [6, 6.07) is 8.75. The molecule has 0 bridgehead atoms. The van der Waals surface area contributed by atoms with Gasteiger partial charge in [0.05, 0.1) is 11.6 Å². The number of imide groups is 1. The number of benzene rings is 1. The van der Waals surface area contributed by atoms with Crippen molar-refractivity contribution in [1.29, 1.82) is 0 Å². The Morgan fingerprint density at radius 2 is 1.81 bits per heavy atom. The van der Waals surface area contributed by atoms with E-state index in [4.69, 9.17) is 11.5 Å². The smallest absolute Gasteiger partial charge is 0.246 e. The zero-order valence-corrected chi connectivity index (χ0v) is 13.0. The summed E-state index contributed by atoms with van der Waals surface area (Å²) >= 11 is 0. The van der Waals surface area contributed by atoms with Crippen molar-refractivity contribution < 1.29 is 9.59 Å². The third-order valence-electron chi connectivity index (χ3n) is 3.61. The summed E-state index contributed by atoms with van der Waals surface area (Å²) in [6.07, 6.45) is 1.13. The van der Waals surface area contributed by atoms with E-state index in [1.54, 1.807) is 0 Å². The molecule has 1 unspecified atom stereocenters. The maximum Gasteiger partial charge on any atom is 0.246 e. The predicted molar refractivity (Wildman–Crippen MR) is 83.3 cm³/mol. The van der Waals surface area contributed by atoms with E-state index >= 15 is 0 Å². The summed E-state index contributed by atoms with van der Waals surface area (Å²) in [5, 5.41) is 0. The Kier molecular flexibility index (Phi) is 6.05. The van der Waals surface area contributed by atoms with Crippen molar-refractivity contribution in [1.82, 2.24) is 4.90 Å². The molecule has 1 atom stereocenters. The van der Waals surface area contributed by atoms with Crippen LogP contribution in [0.2, 0.25) is 0 Å². The highest BCUT2D eigenvalue weighted by molar-refractivity contribution is 5.97. The monoisotopic (exact) mass is 291 g/mol. The fourth-order valence-corrected chi connectivity index (χ4v) is 2.43. The average Bonchev–Trinajstić information content (AvgIpc) is 2.45. The Labute approximate surface area is 126 Å². The van der Waals surface area contributed by atoms with Crippen molar-refractivity contribution in [2.24, 2.45) is 11.5 Å². The van der Waals surface area contributed by atoms with Crippen molar-refractivity contribution in [2.75, 3.05) is 6.54 Å². The number of hydrogen-bond donors (Lipinski definition) is 2. The van der Waals surface area contributed by atoms with E-state index in [0.717, 1.165) is 5.56 Å². The molecule has 0 aliphatic rings. The molecule has 5 nitrogen and oxygen atoms in total. The lowest BCUT2D eigenvalue weighted by Crippen LogP contribution is -2.54. The fraction of sp³-hybridized carbons (Fsp3) is 0.500. The first-order valence-electron chi connectivity index (χ1n) is 7.18. The van der Waals surface area contributed by atoms with E-state index in [-0.39, 0.29) is 11.8 Å². The first kappa shape index (κ1) is 17.3. The molecule has 1 rings (SSSR count). The Hall–Kier alpha value is -1.72. The number of hydrogen-bond acceptors (Lipinski definition) is 4. The predicted octanol–water partition coefficient (Wildman–Crippen LogP) is 1.36. The second-order valence-corrected chi connectivity index (χ2v) is 5.66. The van der Waals surface area contributed by atoms with Crippen molar-refractivity contribution in [3.63, 3.8) is 0 Å². The highest BCUT2D eigenvalue weighted by atomic mass is 16.2. The van der Waals surface area contributed by atoms with Crippen molar-refractivity contribution >= 4 is 11.8 Å². The highest BCUT2D eigenvalue weighted by Gasteiger charge is 2.37. The zero-order chi connectivity index (χ0) is 16.0. The highest BCUT2D eigenvalue weighted by Crippen LogP contribution is 2.28. The van der Waals surface area contributed by atoms with Crippen molar-refractivity contribution in [2.45, 2.75) is 45.2 Å². The van der Waals surface area contributed by atoms with Gasteiger partial charge < -0.3 is 11.5 Å². The first-order valence-corrected chi connectivity index (χ1v) is 7.18. The maximum atomic E-state index is 12.5. The van der Waals surface area contributed by atoms with Crippen LogP contribution in [0, 0.1) is 0 Å². The van der Waals surface area contributed by atoms with Gasteiger partial charge >= 0.3 is 0 Å². The molecule has 0 fully saturated rings. The van der Waals surface area contributed by atoms with E-state index < -0.39 is 11.6 Å². The molecular formula is C16H25N3O2. The van der Waals surface area contributed by atoms with Crippen LogP contribution >= 0.6 is 0 Å². The molecular weight excluding hydrogens is 266 g/mol. The molecule has 2 amide bonds. The molecule has 116 valence electrons. The van der Waals surface area contributed by atoms with Gasteiger partial charge in [-0.1, -0.05) is 30.3 Å². The zero-order valence-electron chi connectivity index (χ0n) is 13.0. The summed E-state index contributed by atoms with van der Waals surface area (Å²) in [5.41, 5.74) is 11.5. The van der Waals surface area contributed by atoms with E-state index in [1.165, 1.54) is 11.8 Å². The van der Waals surface area contributed by atoms with E-state index in [9.17, 15) is 9.59 Å². The topological polar surface area (TPSA) is 89.4 Å². The third kappa shape index (κ3) is 4.12. The molecule has 0 radical (unpaired) electrons. The molecule has 0 aliphatic carbocycles. The normalized spacial score (nSPS) is 12.8. The minimum absolute atomic E-state index is 0.308. The van der Waals surface area contributed by atoms with Gasteiger partial charge in [0.15, 0.2) is 0 Å². The molecule has 0 heterocycles. The summed E-state index contributed by atoms with van der Waals surface area (Å²) < 4.78 is 0. The van der Waals surface area contributed by atoms with E-state index in [2.05, 4.69) is 0 Å². The van der Waals surface area contributed by atoms with Gasteiger partial charge in [0.2, 0.25) is 11.8 Å². The fourth-order valence-electron chi connectivity index (χ4n) is 2.43. The van der Waals surface area contributed by atoms with Crippen LogP contribution in [-0.2, 0) is 15.1 Å². The Morgan fingerprint density at radius 1 is 1.24 bits per heavy atom. The Morgan fingerprint density at radius 3 is 2.29 bits per heavy atom. The van der Waals surface area contributed by atoms with Crippen LogP contribution < -0.4 is 11.5 Å². The molecule has 5 heteroatoms. The third-order valence-corrected chi connectivity index (χ3v) is 3.61. The number of nitrogens with zero attached hydrogens (tertiary/aromatic N) is 1. The Balaban J connectivity index is 3.06. The minimum atomic E-state index is -0.746. The summed E-state index contributed by atoms with van der Waals surface area (Å²) in [6.45, 7) is 5.55. The standard InChI is InChI=1S/C16H25N3O2/c1-12(20)19(15(21)14(18)10-7-11-17)16(2,3)13-8-5-4-6-9-13/h4-6,8-9,14H,7,10-11,17-18H2,1-3H3. The van der Waals surface area contributed by atoms with Crippen LogP contribution in [0.4, 0.5) is 0 Å². The van der Waals surface area contributed by atoms with Gasteiger partial charge in [-0.2, -0.15) is 0 Å². The van der Waals surface area contributed by atoms with Crippen LogP contribution in [0.1, 0.15) is 39.2 Å². The number of carbonyl (C=O) groups is 2. The quantitative estimate of drug-likeness (QED) is 0.828.